The summed E-state index contributed by atoms with van der Waals surface area (Å²) >= 11 is 0. The molecule has 1 unspecified atom stereocenters. The van der Waals surface area contributed by atoms with Crippen molar-refractivity contribution in [1.82, 2.24) is 30.7 Å². The van der Waals surface area contributed by atoms with Crippen LogP contribution in [0.3, 0.4) is 0 Å². The Morgan fingerprint density at radius 3 is 2.78 bits per heavy atom. The quantitative estimate of drug-likeness (QED) is 0.551. The average molecular weight is 252 g/mol. The fourth-order valence-electron chi connectivity index (χ4n) is 1.76. The van der Waals surface area contributed by atoms with Gasteiger partial charge in [0.15, 0.2) is 0 Å². The molecule has 0 bridgehead atoms. The number of rotatable bonds is 2. The number of carbonyl (C=O) groups is 2. The van der Waals surface area contributed by atoms with Crippen LogP contribution >= 0.6 is 0 Å². The zero-order valence-corrected chi connectivity index (χ0v) is 10.1. The van der Waals surface area contributed by atoms with E-state index in [-0.39, 0.29) is 6.04 Å². The van der Waals surface area contributed by atoms with Gasteiger partial charge in [-0.1, -0.05) is 0 Å². The van der Waals surface area contributed by atoms with E-state index in [1.807, 2.05) is 0 Å². The minimum Gasteiger partial charge on any atom is -0.338 e. The predicted octanol–water partition coefficient (Wildman–Crippen LogP) is -1.59. The van der Waals surface area contributed by atoms with Crippen LogP contribution in [0, 0.1) is 0 Å². The number of aromatic amines is 1. The highest BCUT2D eigenvalue weighted by Crippen LogP contribution is 2.04. The summed E-state index contributed by atoms with van der Waals surface area (Å²) in [6, 6.07) is -0.369. The number of hydrogen-bond acceptors (Lipinski definition) is 5. The molecule has 8 nitrogen and oxygen atoms in total. The van der Waals surface area contributed by atoms with E-state index in [2.05, 4.69) is 25.8 Å². The third kappa shape index (κ3) is 2.83. The van der Waals surface area contributed by atoms with E-state index >= 15 is 0 Å². The first-order valence-corrected chi connectivity index (χ1v) is 5.84. The third-order valence-corrected chi connectivity index (χ3v) is 2.79. The molecule has 1 saturated heterocycles. The Kier molecular flexibility index (Phi) is 3.88. The smallest absolute Gasteiger partial charge is 0.311 e. The lowest BCUT2D eigenvalue weighted by molar-refractivity contribution is -0.146. The summed E-state index contributed by atoms with van der Waals surface area (Å²) < 4.78 is 0. The highest BCUT2D eigenvalue weighted by Gasteiger charge is 2.24. The standard InChI is InChI=1S/C10H16N6O2/c1-7(8-12-6-13-15-8)14-9(17)10(18)16-4-2-11-3-5-16/h6-7,11H,2-5H2,1H3,(H,14,17)(H,12,13,15). The van der Waals surface area contributed by atoms with Gasteiger partial charge in [-0.05, 0) is 6.92 Å². The van der Waals surface area contributed by atoms with Gasteiger partial charge >= 0.3 is 11.8 Å². The van der Waals surface area contributed by atoms with Crippen molar-refractivity contribution in [2.75, 3.05) is 26.2 Å². The van der Waals surface area contributed by atoms with Gasteiger partial charge in [-0.3, -0.25) is 14.7 Å². The Morgan fingerprint density at radius 1 is 1.44 bits per heavy atom. The van der Waals surface area contributed by atoms with Crippen molar-refractivity contribution in [3.8, 4) is 0 Å². The molecule has 0 aliphatic carbocycles. The molecule has 1 aromatic rings. The van der Waals surface area contributed by atoms with Crippen molar-refractivity contribution in [2.24, 2.45) is 0 Å². The first-order valence-electron chi connectivity index (χ1n) is 5.84. The molecule has 18 heavy (non-hydrogen) atoms. The van der Waals surface area contributed by atoms with Gasteiger partial charge in [0.2, 0.25) is 0 Å². The van der Waals surface area contributed by atoms with Crippen molar-refractivity contribution >= 4 is 11.8 Å². The van der Waals surface area contributed by atoms with Crippen LogP contribution in [0.5, 0.6) is 0 Å². The molecule has 3 N–H and O–H groups in total. The second-order valence-electron chi connectivity index (χ2n) is 4.11. The highest BCUT2D eigenvalue weighted by atomic mass is 16.2. The second-order valence-corrected chi connectivity index (χ2v) is 4.11. The fraction of sp³-hybridized carbons (Fsp3) is 0.600. The molecule has 0 aromatic carbocycles. The monoisotopic (exact) mass is 252 g/mol. The van der Waals surface area contributed by atoms with Gasteiger partial charge in [0.1, 0.15) is 12.2 Å². The molecule has 1 fully saturated rings. The number of hydrogen-bond donors (Lipinski definition) is 3. The lowest BCUT2D eigenvalue weighted by atomic mass is 10.3. The first kappa shape index (κ1) is 12.5. The Bertz CT molecular complexity index is 412. The Hall–Kier alpha value is -1.96. The van der Waals surface area contributed by atoms with E-state index in [0.29, 0.717) is 18.9 Å². The maximum Gasteiger partial charge on any atom is 0.311 e. The SMILES string of the molecule is CC(NC(=O)C(=O)N1CCNCC1)c1ncn[nH]1. The number of aromatic nitrogens is 3. The second kappa shape index (κ2) is 5.58. The average Bonchev–Trinajstić information content (AvgIpc) is 2.92. The highest BCUT2D eigenvalue weighted by molar-refractivity contribution is 6.35. The molecular formula is C10H16N6O2. The van der Waals surface area contributed by atoms with Crippen LogP contribution in [0.4, 0.5) is 0 Å². The van der Waals surface area contributed by atoms with Crippen LogP contribution in [0.1, 0.15) is 18.8 Å². The van der Waals surface area contributed by atoms with Crippen LogP contribution in [0.2, 0.25) is 0 Å². The van der Waals surface area contributed by atoms with E-state index in [1.165, 1.54) is 6.33 Å². The van der Waals surface area contributed by atoms with Gasteiger partial charge in [-0.2, -0.15) is 5.10 Å². The van der Waals surface area contributed by atoms with Gasteiger partial charge in [0.25, 0.3) is 0 Å². The minimum absolute atomic E-state index is 0.369. The van der Waals surface area contributed by atoms with E-state index < -0.39 is 11.8 Å². The van der Waals surface area contributed by atoms with Crippen LogP contribution in [0.25, 0.3) is 0 Å². The molecule has 0 radical (unpaired) electrons. The summed E-state index contributed by atoms with van der Waals surface area (Å²) in [6.07, 6.45) is 1.36. The molecule has 1 aliphatic heterocycles. The van der Waals surface area contributed by atoms with Gasteiger partial charge in [0.05, 0.1) is 6.04 Å². The molecule has 0 spiro atoms. The van der Waals surface area contributed by atoms with Crippen LogP contribution < -0.4 is 10.6 Å². The molecule has 1 aromatic heterocycles. The minimum atomic E-state index is -0.610. The van der Waals surface area contributed by atoms with E-state index in [4.69, 9.17) is 0 Å². The topological polar surface area (TPSA) is 103 Å². The number of H-pyrrole nitrogens is 1. The number of carbonyl (C=O) groups excluding carboxylic acids is 2. The molecule has 1 aliphatic rings. The summed E-state index contributed by atoms with van der Waals surface area (Å²) in [6.45, 7) is 4.29. The molecule has 98 valence electrons. The number of amides is 2. The van der Waals surface area contributed by atoms with Crippen molar-refractivity contribution in [2.45, 2.75) is 13.0 Å². The van der Waals surface area contributed by atoms with Gasteiger partial charge in [-0.25, -0.2) is 4.98 Å². The van der Waals surface area contributed by atoms with E-state index in [9.17, 15) is 9.59 Å². The maximum atomic E-state index is 11.8. The van der Waals surface area contributed by atoms with Gasteiger partial charge < -0.3 is 15.5 Å². The molecule has 8 heteroatoms. The van der Waals surface area contributed by atoms with Gasteiger partial charge in [0, 0.05) is 26.2 Å². The first-order chi connectivity index (χ1) is 8.68. The Labute approximate surface area is 104 Å². The summed E-state index contributed by atoms with van der Waals surface area (Å²) in [5.74, 6) is -0.583. The lowest BCUT2D eigenvalue weighted by Gasteiger charge is -2.27. The molecule has 2 rings (SSSR count). The van der Waals surface area contributed by atoms with E-state index in [1.54, 1.807) is 11.8 Å². The Morgan fingerprint density at radius 2 is 2.17 bits per heavy atom. The summed E-state index contributed by atoms with van der Waals surface area (Å²) in [5, 5.41) is 12.1. The predicted molar refractivity (Wildman–Crippen MR) is 62.4 cm³/mol. The van der Waals surface area contributed by atoms with Crippen LogP contribution in [0.15, 0.2) is 6.33 Å². The molecule has 1 atom stereocenters. The molecule has 0 saturated carbocycles. The van der Waals surface area contributed by atoms with Crippen LogP contribution in [-0.2, 0) is 9.59 Å². The summed E-state index contributed by atoms with van der Waals surface area (Å²) in [7, 11) is 0. The Balaban J connectivity index is 1.89. The summed E-state index contributed by atoms with van der Waals surface area (Å²) in [5.41, 5.74) is 0. The number of piperazine rings is 1. The third-order valence-electron chi connectivity index (χ3n) is 2.79. The van der Waals surface area contributed by atoms with Crippen LogP contribution in [-0.4, -0.2) is 58.1 Å². The maximum absolute atomic E-state index is 11.8. The summed E-state index contributed by atoms with van der Waals surface area (Å²) in [4.78, 5) is 29.1. The zero-order valence-electron chi connectivity index (χ0n) is 10.1. The largest absolute Gasteiger partial charge is 0.338 e. The normalized spacial score (nSPS) is 17.3. The van der Waals surface area contributed by atoms with Gasteiger partial charge in [-0.15, -0.1) is 0 Å². The lowest BCUT2D eigenvalue weighted by Crippen LogP contribution is -2.51. The zero-order chi connectivity index (χ0) is 13.0. The fourth-order valence-corrected chi connectivity index (χ4v) is 1.76. The number of nitrogens with zero attached hydrogens (tertiary/aromatic N) is 3. The van der Waals surface area contributed by atoms with Crippen molar-refractivity contribution in [1.29, 1.82) is 0 Å². The molecular weight excluding hydrogens is 236 g/mol. The van der Waals surface area contributed by atoms with E-state index in [0.717, 1.165) is 13.1 Å². The van der Waals surface area contributed by atoms with Crippen molar-refractivity contribution in [3.05, 3.63) is 12.2 Å². The van der Waals surface area contributed by atoms with Crippen molar-refractivity contribution in [3.63, 3.8) is 0 Å². The van der Waals surface area contributed by atoms with Crippen molar-refractivity contribution < 1.29 is 9.59 Å². The number of nitrogens with one attached hydrogen (secondary N) is 3. The molecule has 2 amide bonds. The molecule has 2 heterocycles.